The molecule has 0 heterocycles. The molecule has 7 nitrogen and oxygen atoms in total. The summed E-state index contributed by atoms with van der Waals surface area (Å²) in [5.41, 5.74) is 1.31. The van der Waals surface area contributed by atoms with Gasteiger partial charge in [-0.1, -0.05) is 0 Å². The van der Waals surface area contributed by atoms with Gasteiger partial charge >= 0.3 is 5.97 Å². The quantitative estimate of drug-likeness (QED) is 0.661. The highest BCUT2D eigenvalue weighted by Gasteiger charge is 2.17. The number of carbonyl (C=O) groups excluding carboxylic acids is 1. The second kappa shape index (κ2) is 6.68. The summed E-state index contributed by atoms with van der Waals surface area (Å²) < 4.78 is 23.0. The van der Waals surface area contributed by atoms with Crippen molar-refractivity contribution in [3.8, 4) is 0 Å². The van der Waals surface area contributed by atoms with Crippen LogP contribution in [-0.2, 0) is 14.8 Å². The van der Waals surface area contributed by atoms with E-state index in [0.29, 0.717) is 17.5 Å². The summed E-state index contributed by atoms with van der Waals surface area (Å²) >= 11 is 0. The molecule has 0 spiro atoms. The van der Waals surface area contributed by atoms with E-state index >= 15 is 0 Å². The summed E-state index contributed by atoms with van der Waals surface area (Å²) in [6, 6.07) is 2.79. The van der Waals surface area contributed by atoms with E-state index in [2.05, 4.69) is 5.32 Å². The molecule has 8 heteroatoms. The van der Waals surface area contributed by atoms with Crippen molar-refractivity contribution < 1.29 is 23.1 Å². The van der Waals surface area contributed by atoms with E-state index in [0.717, 1.165) is 0 Å². The van der Waals surface area contributed by atoms with E-state index < -0.39 is 21.9 Å². The Morgan fingerprint density at radius 2 is 1.90 bits per heavy atom. The Bertz CT molecular complexity index is 667. The van der Waals surface area contributed by atoms with E-state index in [1.165, 1.54) is 6.07 Å². The van der Waals surface area contributed by atoms with Gasteiger partial charge in [0.15, 0.2) is 0 Å². The van der Waals surface area contributed by atoms with Crippen LogP contribution in [0.4, 0.5) is 0 Å². The third-order valence-corrected chi connectivity index (χ3v) is 4.08. The number of aryl methyl sites for hydroxylation is 1. The zero-order chi connectivity index (χ0) is 16.2. The average Bonchev–Trinajstić information content (AvgIpc) is 2.35. The number of hydrogen-bond donors (Lipinski definition) is 3. The smallest absolute Gasteiger partial charge is 0.303 e. The Morgan fingerprint density at radius 1 is 1.29 bits per heavy atom. The minimum atomic E-state index is -3.91. The molecule has 4 N–H and O–H groups in total. The first kappa shape index (κ1) is 17.1. The lowest BCUT2D eigenvalue weighted by atomic mass is 10.1. The maximum absolute atomic E-state index is 11.9. The fourth-order valence-electron chi connectivity index (χ4n) is 1.80. The molecule has 0 aliphatic heterocycles. The second-order valence-electron chi connectivity index (χ2n) is 4.71. The van der Waals surface area contributed by atoms with Gasteiger partial charge in [-0.05, 0) is 43.5 Å². The van der Waals surface area contributed by atoms with Crippen LogP contribution in [0.15, 0.2) is 17.0 Å². The van der Waals surface area contributed by atoms with Crippen LogP contribution in [0, 0.1) is 13.8 Å². The topological polar surface area (TPSA) is 127 Å². The Balaban J connectivity index is 2.91. The first-order valence-corrected chi connectivity index (χ1v) is 7.81. The van der Waals surface area contributed by atoms with Gasteiger partial charge in [-0.25, -0.2) is 13.6 Å². The summed E-state index contributed by atoms with van der Waals surface area (Å²) in [4.78, 5) is 22.2. The Hall–Kier alpha value is -1.93. The maximum Gasteiger partial charge on any atom is 0.303 e. The lowest BCUT2D eigenvalue weighted by Crippen LogP contribution is -2.26. The van der Waals surface area contributed by atoms with Crippen molar-refractivity contribution in [2.24, 2.45) is 5.14 Å². The number of amides is 1. The van der Waals surface area contributed by atoms with Crippen LogP contribution in [-0.4, -0.2) is 31.9 Å². The first-order valence-electron chi connectivity index (χ1n) is 6.27. The van der Waals surface area contributed by atoms with Crippen molar-refractivity contribution in [3.63, 3.8) is 0 Å². The highest BCUT2D eigenvalue weighted by molar-refractivity contribution is 7.89. The number of nitrogens with two attached hydrogens (primary N) is 1. The van der Waals surface area contributed by atoms with Crippen molar-refractivity contribution in [1.29, 1.82) is 0 Å². The van der Waals surface area contributed by atoms with E-state index in [1.807, 2.05) is 0 Å². The molecule has 0 aliphatic carbocycles. The lowest BCUT2D eigenvalue weighted by molar-refractivity contribution is -0.137. The molecule has 116 valence electrons. The second-order valence-corrected chi connectivity index (χ2v) is 6.24. The number of carboxylic acid groups (broad SMARTS) is 1. The summed E-state index contributed by atoms with van der Waals surface area (Å²) in [7, 11) is -3.91. The van der Waals surface area contributed by atoms with Crippen molar-refractivity contribution >= 4 is 21.9 Å². The molecule has 1 aromatic rings. The van der Waals surface area contributed by atoms with Gasteiger partial charge in [-0.2, -0.15) is 0 Å². The van der Waals surface area contributed by atoms with Crippen LogP contribution in [0.5, 0.6) is 0 Å². The molecule has 0 saturated heterocycles. The van der Waals surface area contributed by atoms with Crippen LogP contribution in [0.2, 0.25) is 0 Å². The third-order valence-electron chi connectivity index (χ3n) is 3.04. The molecule has 0 aliphatic rings. The van der Waals surface area contributed by atoms with Crippen molar-refractivity contribution in [2.75, 3.05) is 6.54 Å². The molecule has 0 atom stereocenters. The summed E-state index contributed by atoms with van der Waals surface area (Å²) in [5, 5.41) is 16.2. The van der Waals surface area contributed by atoms with E-state index in [4.69, 9.17) is 10.2 Å². The average molecular weight is 314 g/mol. The zero-order valence-corrected chi connectivity index (χ0v) is 12.7. The number of rotatable bonds is 6. The minimum Gasteiger partial charge on any atom is -0.481 e. The molecule has 1 aromatic carbocycles. The molecule has 1 amide bonds. The number of aliphatic carboxylic acids is 1. The van der Waals surface area contributed by atoms with Crippen LogP contribution in [0.3, 0.4) is 0 Å². The van der Waals surface area contributed by atoms with Crippen LogP contribution in [0.25, 0.3) is 0 Å². The monoisotopic (exact) mass is 314 g/mol. The predicted molar refractivity (Wildman–Crippen MR) is 76.5 cm³/mol. The van der Waals surface area contributed by atoms with Gasteiger partial charge in [0.05, 0.1) is 4.90 Å². The molecule has 0 saturated carbocycles. The first-order chi connectivity index (χ1) is 9.62. The van der Waals surface area contributed by atoms with Crippen LogP contribution >= 0.6 is 0 Å². The van der Waals surface area contributed by atoms with Crippen molar-refractivity contribution in [1.82, 2.24) is 5.32 Å². The third kappa shape index (κ3) is 4.83. The Kier molecular flexibility index (Phi) is 5.45. The minimum absolute atomic E-state index is 0.0460. The molecule has 0 bridgehead atoms. The molecular weight excluding hydrogens is 296 g/mol. The van der Waals surface area contributed by atoms with E-state index in [1.54, 1.807) is 19.9 Å². The van der Waals surface area contributed by atoms with Gasteiger partial charge < -0.3 is 10.4 Å². The van der Waals surface area contributed by atoms with Crippen LogP contribution in [0.1, 0.15) is 34.3 Å². The van der Waals surface area contributed by atoms with Crippen molar-refractivity contribution in [3.05, 3.63) is 28.8 Å². The fraction of sp³-hybridized carbons (Fsp3) is 0.385. The molecule has 0 radical (unpaired) electrons. The Morgan fingerprint density at radius 3 is 2.43 bits per heavy atom. The molecule has 0 fully saturated rings. The summed E-state index contributed by atoms with van der Waals surface area (Å²) in [6.07, 6.45) is 0.254. The highest BCUT2D eigenvalue weighted by Crippen LogP contribution is 2.20. The number of nitrogens with one attached hydrogen (secondary N) is 1. The van der Waals surface area contributed by atoms with Crippen LogP contribution < -0.4 is 10.5 Å². The largest absolute Gasteiger partial charge is 0.481 e. The number of hydrogen-bond acceptors (Lipinski definition) is 4. The molecule has 0 unspecified atom stereocenters. The molecule has 21 heavy (non-hydrogen) atoms. The fourth-order valence-corrected chi connectivity index (χ4v) is 2.68. The lowest BCUT2D eigenvalue weighted by Gasteiger charge is -2.11. The van der Waals surface area contributed by atoms with Gasteiger partial charge in [0.1, 0.15) is 0 Å². The Labute approximate surface area is 123 Å². The van der Waals surface area contributed by atoms with Gasteiger partial charge in [0, 0.05) is 18.5 Å². The zero-order valence-electron chi connectivity index (χ0n) is 11.8. The maximum atomic E-state index is 11.9. The summed E-state index contributed by atoms with van der Waals surface area (Å²) in [5.74, 6) is -1.40. The highest BCUT2D eigenvalue weighted by atomic mass is 32.2. The number of carbonyl (C=O) groups is 2. The summed E-state index contributed by atoms with van der Waals surface area (Å²) in [6.45, 7) is 3.50. The van der Waals surface area contributed by atoms with Gasteiger partial charge in [-0.3, -0.25) is 9.59 Å². The standard InChI is InChI=1S/C13H18N2O5S/c1-8-6-10(7-11(9(8)2)21(14,19)20)13(18)15-5-3-4-12(16)17/h6-7H,3-5H2,1-2H3,(H,15,18)(H,16,17)(H2,14,19,20). The van der Waals surface area contributed by atoms with Gasteiger partial charge in [-0.15, -0.1) is 0 Å². The van der Waals surface area contributed by atoms with Gasteiger partial charge in [0.25, 0.3) is 5.91 Å². The normalized spacial score (nSPS) is 11.2. The molecule has 0 aromatic heterocycles. The van der Waals surface area contributed by atoms with E-state index in [9.17, 15) is 18.0 Å². The molecule has 1 rings (SSSR count). The van der Waals surface area contributed by atoms with Crippen molar-refractivity contribution in [2.45, 2.75) is 31.6 Å². The van der Waals surface area contributed by atoms with Gasteiger partial charge in [0.2, 0.25) is 10.0 Å². The number of benzene rings is 1. The molecular formula is C13H18N2O5S. The number of primary sulfonamides is 1. The van der Waals surface area contributed by atoms with E-state index in [-0.39, 0.29) is 23.4 Å². The predicted octanol–water partition coefficient (Wildman–Crippen LogP) is 0.545. The SMILES string of the molecule is Cc1cc(C(=O)NCCCC(=O)O)cc(S(N)(=O)=O)c1C. The number of sulfonamides is 1. The number of carboxylic acids is 1.